The third-order valence-corrected chi connectivity index (χ3v) is 2.97. The minimum Gasteiger partial charge on any atom is -0.324 e. The third-order valence-electron chi connectivity index (χ3n) is 2.97. The zero-order chi connectivity index (χ0) is 14.9. The number of hydrogen-bond donors (Lipinski definition) is 2. The van der Waals surface area contributed by atoms with Crippen molar-refractivity contribution in [2.75, 3.05) is 5.32 Å². The molecule has 2 unspecified atom stereocenters. The summed E-state index contributed by atoms with van der Waals surface area (Å²) in [6.07, 6.45) is 3.46. The van der Waals surface area contributed by atoms with E-state index < -0.39 is 39.8 Å². The first-order valence-electron chi connectivity index (χ1n) is 5.77. The van der Waals surface area contributed by atoms with Gasteiger partial charge >= 0.3 is 0 Å². The van der Waals surface area contributed by atoms with Gasteiger partial charge in [0, 0.05) is 12.1 Å². The molecule has 0 saturated carbocycles. The van der Waals surface area contributed by atoms with Crippen LogP contribution in [-0.2, 0) is 4.79 Å². The molecule has 106 valence electrons. The Morgan fingerprint density at radius 1 is 1.40 bits per heavy atom. The van der Waals surface area contributed by atoms with E-state index in [1.807, 2.05) is 0 Å². The number of nitro groups is 1. The minimum atomic E-state index is -1.46. The summed E-state index contributed by atoms with van der Waals surface area (Å²) in [7, 11) is 0. The molecule has 2 atom stereocenters. The molecule has 6 nitrogen and oxygen atoms in total. The number of anilines is 1. The van der Waals surface area contributed by atoms with Gasteiger partial charge in [-0.2, -0.15) is 0 Å². The second-order valence-electron chi connectivity index (χ2n) is 4.39. The second kappa shape index (κ2) is 5.33. The van der Waals surface area contributed by atoms with Gasteiger partial charge < -0.3 is 11.1 Å². The van der Waals surface area contributed by atoms with Crippen molar-refractivity contribution >= 4 is 17.3 Å². The molecule has 0 radical (unpaired) electrons. The average molecular weight is 283 g/mol. The fourth-order valence-electron chi connectivity index (χ4n) is 1.95. The van der Waals surface area contributed by atoms with Crippen molar-refractivity contribution in [2.24, 2.45) is 11.7 Å². The van der Waals surface area contributed by atoms with Crippen molar-refractivity contribution in [3.05, 3.63) is 46.0 Å². The number of benzene rings is 1. The summed E-state index contributed by atoms with van der Waals surface area (Å²) < 4.78 is 26.7. The maximum absolute atomic E-state index is 13.6. The summed E-state index contributed by atoms with van der Waals surface area (Å²) in [4.78, 5) is 21.7. The van der Waals surface area contributed by atoms with E-state index in [4.69, 9.17) is 5.73 Å². The number of amides is 1. The highest BCUT2D eigenvalue weighted by Crippen LogP contribution is 2.30. The fourth-order valence-corrected chi connectivity index (χ4v) is 1.95. The molecule has 3 N–H and O–H groups in total. The van der Waals surface area contributed by atoms with Gasteiger partial charge in [-0.1, -0.05) is 12.2 Å². The van der Waals surface area contributed by atoms with E-state index in [9.17, 15) is 23.7 Å². The molecule has 2 rings (SSSR count). The van der Waals surface area contributed by atoms with Gasteiger partial charge in [0.2, 0.25) is 5.91 Å². The number of nitrogens with one attached hydrogen (secondary N) is 1. The van der Waals surface area contributed by atoms with Crippen LogP contribution in [0.25, 0.3) is 0 Å². The van der Waals surface area contributed by atoms with Gasteiger partial charge in [-0.15, -0.1) is 0 Å². The van der Waals surface area contributed by atoms with Crippen molar-refractivity contribution in [2.45, 2.75) is 12.5 Å². The van der Waals surface area contributed by atoms with E-state index in [0.717, 1.165) is 6.07 Å². The topological polar surface area (TPSA) is 98.3 Å². The van der Waals surface area contributed by atoms with E-state index in [0.29, 0.717) is 12.5 Å². The van der Waals surface area contributed by atoms with E-state index >= 15 is 0 Å². The molecule has 0 bridgehead atoms. The Morgan fingerprint density at radius 3 is 2.65 bits per heavy atom. The third kappa shape index (κ3) is 2.64. The van der Waals surface area contributed by atoms with Gasteiger partial charge in [-0.05, 0) is 12.5 Å². The summed E-state index contributed by atoms with van der Waals surface area (Å²) in [5.41, 5.74) is 4.10. The number of carbonyl (C=O) groups excluding carboxylic acids is 1. The van der Waals surface area contributed by atoms with E-state index in [2.05, 4.69) is 5.32 Å². The highest BCUT2D eigenvalue weighted by atomic mass is 19.2. The van der Waals surface area contributed by atoms with Crippen LogP contribution in [0.2, 0.25) is 0 Å². The zero-order valence-corrected chi connectivity index (χ0v) is 10.2. The highest BCUT2D eigenvalue weighted by Gasteiger charge is 2.28. The van der Waals surface area contributed by atoms with Gasteiger partial charge in [-0.3, -0.25) is 14.9 Å². The summed E-state index contributed by atoms with van der Waals surface area (Å²) in [5.74, 6) is -4.02. The number of carbonyl (C=O) groups is 1. The molecular formula is C12H11F2N3O3. The summed E-state index contributed by atoms with van der Waals surface area (Å²) >= 11 is 0. The van der Waals surface area contributed by atoms with Crippen LogP contribution >= 0.6 is 0 Å². The Balaban J connectivity index is 2.28. The van der Waals surface area contributed by atoms with E-state index in [1.54, 1.807) is 6.08 Å². The Bertz CT molecular complexity index is 604. The van der Waals surface area contributed by atoms with Gasteiger partial charge in [-0.25, -0.2) is 8.78 Å². The number of halogens is 2. The lowest BCUT2D eigenvalue weighted by molar-refractivity contribution is -0.384. The molecule has 0 aromatic heterocycles. The molecule has 1 amide bonds. The largest absolute Gasteiger partial charge is 0.324 e. The summed E-state index contributed by atoms with van der Waals surface area (Å²) in [6, 6.07) is 1.14. The molecule has 0 heterocycles. The molecule has 0 aliphatic heterocycles. The normalized spacial score (nSPS) is 20.9. The predicted octanol–water partition coefficient (Wildman–Crippen LogP) is 1.71. The molecule has 1 aliphatic carbocycles. The number of nitrogens with zero attached hydrogens (tertiary/aromatic N) is 1. The lowest BCUT2D eigenvalue weighted by Gasteiger charge is -2.11. The number of hydrogen-bond acceptors (Lipinski definition) is 4. The average Bonchev–Trinajstić information content (AvgIpc) is 2.81. The number of nitro benzene ring substituents is 1. The van der Waals surface area contributed by atoms with Crippen LogP contribution in [0.3, 0.4) is 0 Å². The second-order valence-corrected chi connectivity index (χ2v) is 4.39. The van der Waals surface area contributed by atoms with Crippen LogP contribution in [0.1, 0.15) is 6.42 Å². The maximum atomic E-state index is 13.6. The Morgan fingerprint density at radius 2 is 2.10 bits per heavy atom. The molecule has 0 spiro atoms. The molecule has 1 aromatic rings. The smallest absolute Gasteiger partial charge is 0.296 e. The lowest BCUT2D eigenvalue weighted by Crippen LogP contribution is -2.25. The summed E-state index contributed by atoms with van der Waals surface area (Å²) in [6.45, 7) is 0. The van der Waals surface area contributed by atoms with Crippen molar-refractivity contribution in [3.63, 3.8) is 0 Å². The fraction of sp³-hybridized carbons (Fsp3) is 0.250. The highest BCUT2D eigenvalue weighted by molar-refractivity contribution is 5.96. The Kier molecular flexibility index (Phi) is 3.75. The number of nitrogens with two attached hydrogens (primary N) is 1. The molecule has 20 heavy (non-hydrogen) atoms. The minimum absolute atomic E-state index is 0.293. The standard InChI is InChI=1S/C12H11F2N3O3/c13-8-3-4-9(17(19)20)11(10(8)14)16-12(18)6-1-2-7(15)5-6/h1-4,6-7H,5,15H2,(H,16,18). The van der Waals surface area contributed by atoms with Gasteiger partial charge in [0.25, 0.3) is 5.69 Å². The Hall–Kier alpha value is -2.35. The molecule has 1 aromatic carbocycles. The Labute approximate surface area is 112 Å². The lowest BCUT2D eigenvalue weighted by atomic mass is 10.1. The van der Waals surface area contributed by atoms with Crippen LogP contribution in [0.5, 0.6) is 0 Å². The first kappa shape index (κ1) is 14.1. The quantitative estimate of drug-likeness (QED) is 0.501. The van der Waals surface area contributed by atoms with Crippen LogP contribution in [0.4, 0.5) is 20.2 Å². The monoisotopic (exact) mass is 283 g/mol. The zero-order valence-electron chi connectivity index (χ0n) is 10.2. The van der Waals surface area contributed by atoms with Gasteiger partial charge in [0.05, 0.1) is 10.8 Å². The van der Waals surface area contributed by atoms with Crippen molar-refractivity contribution in [3.8, 4) is 0 Å². The van der Waals surface area contributed by atoms with Crippen LogP contribution in [-0.4, -0.2) is 16.9 Å². The molecule has 0 saturated heterocycles. The number of rotatable bonds is 3. The van der Waals surface area contributed by atoms with Gasteiger partial charge in [0.15, 0.2) is 17.3 Å². The first-order valence-corrected chi connectivity index (χ1v) is 5.77. The van der Waals surface area contributed by atoms with E-state index in [1.165, 1.54) is 6.08 Å². The SMILES string of the molecule is NC1C=CC(C(=O)Nc2c([N+](=O)[O-])ccc(F)c2F)C1. The molecule has 1 aliphatic rings. The summed E-state index contributed by atoms with van der Waals surface area (Å²) in [5, 5.41) is 12.8. The van der Waals surface area contributed by atoms with Crippen molar-refractivity contribution in [1.82, 2.24) is 0 Å². The van der Waals surface area contributed by atoms with E-state index in [-0.39, 0.29) is 6.04 Å². The molecular weight excluding hydrogens is 272 g/mol. The van der Waals surface area contributed by atoms with Crippen molar-refractivity contribution in [1.29, 1.82) is 0 Å². The molecule has 8 heteroatoms. The molecule has 0 fully saturated rings. The van der Waals surface area contributed by atoms with Gasteiger partial charge in [0.1, 0.15) is 0 Å². The van der Waals surface area contributed by atoms with Crippen molar-refractivity contribution < 1.29 is 18.5 Å². The predicted molar refractivity (Wildman–Crippen MR) is 66.9 cm³/mol. The maximum Gasteiger partial charge on any atom is 0.296 e. The van der Waals surface area contributed by atoms with Crippen LogP contribution in [0, 0.1) is 27.7 Å². The first-order chi connectivity index (χ1) is 9.40. The van der Waals surface area contributed by atoms with Crippen LogP contribution in [0.15, 0.2) is 24.3 Å². The van der Waals surface area contributed by atoms with Crippen LogP contribution < -0.4 is 11.1 Å².